The predicted octanol–water partition coefficient (Wildman–Crippen LogP) is 1.95. The van der Waals surface area contributed by atoms with Crippen molar-refractivity contribution in [2.45, 2.75) is 0 Å². The maximum atomic E-state index is 11.2. The molecule has 13 heavy (non-hydrogen) atoms. The van der Waals surface area contributed by atoms with Gasteiger partial charge in [0.25, 0.3) is 0 Å². The van der Waals surface area contributed by atoms with Gasteiger partial charge in [-0.05, 0) is 24.3 Å². The Bertz CT molecular complexity index is 311. The van der Waals surface area contributed by atoms with Crippen LogP contribution < -0.4 is 4.74 Å². The summed E-state index contributed by atoms with van der Waals surface area (Å²) in [5.41, 5.74) is 0.520. The molecule has 0 atom stereocenters. The minimum atomic E-state index is -0.231. The fourth-order valence-electron chi connectivity index (χ4n) is 0.919. The van der Waals surface area contributed by atoms with E-state index in [1.807, 2.05) is 0 Å². The van der Waals surface area contributed by atoms with E-state index in [2.05, 4.69) is 0 Å². The number of aliphatic hydroxyl groups excluding tert-OH is 1. The van der Waals surface area contributed by atoms with Gasteiger partial charge in [-0.15, -0.1) is 0 Å². The lowest BCUT2D eigenvalue weighted by Gasteiger charge is -1.99. The molecule has 0 aliphatic rings. The maximum Gasteiger partial charge on any atom is 0.188 e. The summed E-state index contributed by atoms with van der Waals surface area (Å²) in [5, 5.41) is 8.37. The minimum absolute atomic E-state index is 0.231. The fraction of sp³-hybridized carbons (Fsp3) is 0.100. The van der Waals surface area contributed by atoms with E-state index in [-0.39, 0.29) is 5.78 Å². The molecule has 0 aliphatic carbocycles. The van der Waals surface area contributed by atoms with E-state index in [1.54, 1.807) is 31.4 Å². The Morgan fingerprint density at radius 3 is 2.46 bits per heavy atom. The average Bonchev–Trinajstić information content (AvgIpc) is 2.18. The van der Waals surface area contributed by atoms with Crippen LogP contribution >= 0.6 is 0 Å². The second-order valence-electron chi connectivity index (χ2n) is 2.41. The van der Waals surface area contributed by atoms with Crippen LogP contribution in [0.4, 0.5) is 0 Å². The molecule has 0 heterocycles. The molecule has 0 aliphatic heterocycles. The molecule has 0 spiro atoms. The third-order valence-electron chi connectivity index (χ3n) is 1.60. The van der Waals surface area contributed by atoms with Crippen molar-refractivity contribution < 1.29 is 14.6 Å². The highest BCUT2D eigenvalue weighted by atomic mass is 16.5. The van der Waals surface area contributed by atoms with Crippen LogP contribution in [0.5, 0.6) is 5.75 Å². The number of carbonyl (C=O) groups excluding carboxylic acids is 1. The zero-order chi connectivity index (χ0) is 9.68. The molecular weight excluding hydrogens is 168 g/mol. The summed E-state index contributed by atoms with van der Waals surface area (Å²) in [7, 11) is 1.56. The summed E-state index contributed by atoms with van der Waals surface area (Å²) in [5.74, 6) is 0.467. The van der Waals surface area contributed by atoms with Gasteiger partial charge in [-0.25, -0.2) is 0 Å². The number of methoxy groups -OCH3 is 1. The highest BCUT2D eigenvalue weighted by Gasteiger charge is 2.00. The summed E-state index contributed by atoms with van der Waals surface area (Å²) < 4.78 is 4.93. The van der Waals surface area contributed by atoms with Gasteiger partial charge < -0.3 is 9.84 Å². The first-order chi connectivity index (χ1) is 6.27. The normalized spacial score (nSPS) is 10.2. The molecule has 1 aromatic rings. The topological polar surface area (TPSA) is 46.5 Å². The maximum absolute atomic E-state index is 11.2. The lowest BCUT2D eigenvalue weighted by Crippen LogP contribution is -1.93. The highest BCUT2D eigenvalue weighted by Crippen LogP contribution is 2.11. The number of ketones is 1. The molecule has 0 bridgehead atoms. The van der Waals surface area contributed by atoms with Crippen LogP contribution in [-0.4, -0.2) is 18.0 Å². The van der Waals surface area contributed by atoms with Gasteiger partial charge in [0.05, 0.1) is 13.4 Å². The van der Waals surface area contributed by atoms with E-state index in [1.165, 1.54) is 0 Å². The number of hydrogen-bond donors (Lipinski definition) is 1. The van der Waals surface area contributed by atoms with Crippen molar-refractivity contribution in [3.05, 3.63) is 42.2 Å². The van der Waals surface area contributed by atoms with Crippen molar-refractivity contribution in [1.29, 1.82) is 0 Å². The van der Waals surface area contributed by atoms with Gasteiger partial charge in [-0.3, -0.25) is 4.79 Å². The Morgan fingerprint density at radius 2 is 2.00 bits per heavy atom. The molecule has 3 nitrogen and oxygen atoms in total. The average molecular weight is 178 g/mol. The monoisotopic (exact) mass is 178 g/mol. The van der Waals surface area contributed by atoms with Crippen molar-refractivity contribution >= 4 is 5.78 Å². The minimum Gasteiger partial charge on any atom is -0.515 e. The smallest absolute Gasteiger partial charge is 0.188 e. The Hall–Kier alpha value is -1.77. The van der Waals surface area contributed by atoms with Crippen molar-refractivity contribution in [2.24, 2.45) is 0 Å². The molecule has 0 aromatic heterocycles. The van der Waals surface area contributed by atoms with E-state index < -0.39 is 0 Å². The summed E-state index contributed by atoms with van der Waals surface area (Å²) >= 11 is 0. The number of hydrogen-bond acceptors (Lipinski definition) is 3. The van der Waals surface area contributed by atoms with Gasteiger partial charge in [0.15, 0.2) is 5.78 Å². The third-order valence-corrected chi connectivity index (χ3v) is 1.60. The lowest BCUT2D eigenvalue weighted by molar-refractivity contribution is 0.104. The quantitative estimate of drug-likeness (QED) is 0.437. The van der Waals surface area contributed by atoms with Crippen molar-refractivity contribution in [3.8, 4) is 5.75 Å². The van der Waals surface area contributed by atoms with Gasteiger partial charge in [0.1, 0.15) is 5.75 Å². The molecule has 1 N–H and O–H groups in total. The van der Waals surface area contributed by atoms with Gasteiger partial charge in [-0.2, -0.15) is 0 Å². The number of rotatable bonds is 3. The number of carbonyl (C=O) groups is 1. The Labute approximate surface area is 76.3 Å². The SMILES string of the molecule is COc1ccc(C(=O)C=CO)cc1. The Morgan fingerprint density at radius 1 is 1.38 bits per heavy atom. The van der Waals surface area contributed by atoms with E-state index in [0.29, 0.717) is 11.3 Å². The lowest BCUT2D eigenvalue weighted by atomic mass is 10.1. The molecular formula is C10H10O3. The molecule has 0 fully saturated rings. The number of allylic oxidation sites excluding steroid dienone is 1. The Balaban J connectivity index is 2.85. The molecule has 0 radical (unpaired) electrons. The summed E-state index contributed by atoms with van der Waals surface area (Å²) in [6.07, 6.45) is 1.83. The molecule has 3 heteroatoms. The largest absolute Gasteiger partial charge is 0.515 e. The predicted molar refractivity (Wildman–Crippen MR) is 49.1 cm³/mol. The zero-order valence-corrected chi connectivity index (χ0v) is 7.23. The van der Waals surface area contributed by atoms with Gasteiger partial charge in [-0.1, -0.05) is 0 Å². The summed E-state index contributed by atoms with van der Waals surface area (Å²) in [6.45, 7) is 0. The third kappa shape index (κ3) is 2.33. The van der Waals surface area contributed by atoms with E-state index in [0.717, 1.165) is 12.3 Å². The molecule has 1 rings (SSSR count). The van der Waals surface area contributed by atoms with E-state index >= 15 is 0 Å². The molecule has 0 unspecified atom stereocenters. The summed E-state index contributed by atoms with van der Waals surface area (Å²) in [4.78, 5) is 11.2. The number of benzene rings is 1. The molecule has 1 aromatic carbocycles. The second-order valence-corrected chi connectivity index (χ2v) is 2.41. The molecule has 68 valence electrons. The standard InChI is InChI=1S/C10H10O3/c1-13-9-4-2-8(3-5-9)10(12)6-7-11/h2-7,11H,1H3. The number of aliphatic hydroxyl groups is 1. The van der Waals surface area contributed by atoms with Gasteiger partial charge >= 0.3 is 0 Å². The van der Waals surface area contributed by atoms with Gasteiger partial charge in [0, 0.05) is 11.6 Å². The zero-order valence-electron chi connectivity index (χ0n) is 7.23. The van der Waals surface area contributed by atoms with Crippen molar-refractivity contribution in [2.75, 3.05) is 7.11 Å². The van der Waals surface area contributed by atoms with Crippen LogP contribution in [0.15, 0.2) is 36.6 Å². The van der Waals surface area contributed by atoms with E-state index in [4.69, 9.17) is 9.84 Å². The summed E-state index contributed by atoms with van der Waals surface area (Å²) in [6, 6.07) is 6.67. The number of ether oxygens (including phenoxy) is 1. The van der Waals surface area contributed by atoms with E-state index in [9.17, 15) is 4.79 Å². The van der Waals surface area contributed by atoms with Crippen LogP contribution in [0, 0.1) is 0 Å². The Kier molecular flexibility index (Phi) is 3.09. The van der Waals surface area contributed by atoms with Crippen LogP contribution in [0.1, 0.15) is 10.4 Å². The first kappa shape index (κ1) is 9.32. The van der Waals surface area contributed by atoms with Crippen LogP contribution in [-0.2, 0) is 0 Å². The first-order valence-electron chi connectivity index (χ1n) is 3.77. The van der Waals surface area contributed by atoms with Crippen molar-refractivity contribution in [1.82, 2.24) is 0 Å². The first-order valence-corrected chi connectivity index (χ1v) is 3.77. The molecule has 0 saturated carbocycles. The van der Waals surface area contributed by atoms with Crippen LogP contribution in [0.25, 0.3) is 0 Å². The van der Waals surface area contributed by atoms with Crippen molar-refractivity contribution in [3.63, 3.8) is 0 Å². The molecule has 0 amide bonds. The van der Waals surface area contributed by atoms with Gasteiger partial charge in [0.2, 0.25) is 0 Å². The highest BCUT2D eigenvalue weighted by molar-refractivity contribution is 6.04. The van der Waals surface area contributed by atoms with Crippen LogP contribution in [0.2, 0.25) is 0 Å². The second kappa shape index (κ2) is 4.30. The molecule has 0 saturated heterocycles. The fourth-order valence-corrected chi connectivity index (χ4v) is 0.919. The van der Waals surface area contributed by atoms with Crippen LogP contribution in [0.3, 0.4) is 0 Å².